The number of aliphatic carboxylic acids is 1. The molecule has 1 atom stereocenters. The van der Waals surface area contributed by atoms with Crippen LogP contribution in [-0.2, 0) is 20.6 Å². The lowest BCUT2D eigenvalue weighted by molar-refractivity contribution is -0.139. The summed E-state index contributed by atoms with van der Waals surface area (Å²) >= 11 is 0. The maximum atomic E-state index is 13.2. The fourth-order valence-electron chi connectivity index (χ4n) is 3.63. The molecular weight excluding hydrogens is 439 g/mol. The molecule has 0 spiro atoms. The lowest BCUT2D eigenvalue weighted by atomic mass is 10.0. The molecule has 1 aliphatic heterocycles. The van der Waals surface area contributed by atoms with Gasteiger partial charge in [0, 0.05) is 38.3 Å². The molecule has 2 amide bonds. The van der Waals surface area contributed by atoms with Crippen molar-refractivity contribution in [3.8, 4) is 0 Å². The number of alkyl halides is 3. The molecule has 3 rings (SSSR count). The van der Waals surface area contributed by atoms with Gasteiger partial charge < -0.3 is 20.2 Å². The molecule has 1 saturated heterocycles. The van der Waals surface area contributed by atoms with Crippen molar-refractivity contribution in [1.82, 2.24) is 10.2 Å². The number of amides is 2. The van der Waals surface area contributed by atoms with Crippen LogP contribution in [0.3, 0.4) is 0 Å². The molecule has 1 fully saturated rings. The number of hydrogen-bond donors (Lipinski definition) is 2. The van der Waals surface area contributed by atoms with Crippen molar-refractivity contribution in [1.29, 1.82) is 0 Å². The Hall–Kier alpha value is -3.56. The number of rotatable bonds is 7. The number of benzene rings is 2. The summed E-state index contributed by atoms with van der Waals surface area (Å²) in [5, 5.41) is 11.4. The number of carbonyl (C=O) groups is 3. The van der Waals surface area contributed by atoms with E-state index in [0.29, 0.717) is 24.3 Å². The first-order chi connectivity index (χ1) is 15.6. The van der Waals surface area contributed by atoms with Crippen LogP contribution in [0.2, 0.25) is 0 Å². The van der Waals surface area contributed by atoms with E-state index in [1.807, 2.05) is 0 Å². The van der Waals surface area contributed by atoms with Crippen LogP contribution in [0.15, 0.2) is 54.6 Å². The van der Waals surface area contributed by atoms with Crippen molar-refractivity contribution in [3.63, 3.8) is 0 Å². The predicted octanol–water partition coefficient (Wildman–Crippen LogP) is 3.08. The Labute approximate surface area is 188 Å². The highest BCUT2D eigenvalue weighted by atomic mass is 19.4. The summed E-state index contributed by atoms with van der Waals surface area (Å²) < 4.78 is 39.1. The number of anilines is 1. The Kier molecular flexibility index (Phi) is 7.57. The van der Waals surface area contributed by atoms with Crippen molar-refractivity contribution in [2.75, 3.05) is 31.1 Å². The molecule has 0 aromatic heterocycles. The van der Waals surface area contributed by atoms with E-state index < -0.39 is 29.7 Å². The quantitative estimate of drug-likeness (QED) is 0.659. The third-order valence-electron chi connectivity index (χ3n) is 5.38. The van der Waals surface area contributed by atoms with E-state index in [-0.39, 0.29) is 31.8 Å². The monoisotopic (exact) mass is 463 g/mol. The predicted molar refractivity (Wildman–Crippen MR) is 114 cm³/mol. The molecular formula is C23H24F3N3O4. The molecule has 0 bridgehead atoms. The van der Waals surface area contributed by atoms with Gasteiger partial charge in [0.1, 0.15) is 6.04 Å². The van der Waals surface area contributed by atoms with E-state index in [1.54, 1.807) is 46.2 Å². The summed E-state index contributed by atoms with van der Waals surface area (Å²) in [6, 6.07) is 12.7. The van der Waals surface area contributed by atoms with Gasteiger partial charge in [0.2, 0.25) is 11.8 Å². The summed E-state index contributed by atoms with van der Waals surface area (Å²) in [7, 11) is 0. The molecule has 2 aromatic rings. The normalized spacial score (nSPS) is 15.1. The van der Waals surface area contributed by atoms with Gasteiger partial charge in [-0.2, -0.15) is 13.2 Å². The topological polar surface area (TPSA) is 89.9 Å². The fourth-order valence-corrected chi connectivity index (χ4v) is 3.63. The van der Waals surface area contributed by atoms with E-state index >= 15 is 0 Å². The van der Waals surface area contributed by atoms with Gasteiger partial charge in [-0.15, -0.1) is 0 Å². The Morgan fingerprint density at radius 1 is 0.939 bits per heavy atom. The zero-order valence-corrected chi connectivity index (χ0v) is 17.7. The lowest BCUT2D eigenvalue weighted by Crippen LogP contribution is -2.52. The van der Waals surface area contributed by atoms with Crippen LogP contribution < -0.4 is 10.2 Å². The molecule has 2 aromatic carbocycles. The number of carboxylic acid groups (broad SMARTS) is 1. The van der Waals surface area contributed by atoms with Gasteiger partial charge in [0.05, 0.1) is 12.0 Å². The first-order valence-corrected chi connectivity index (χ1v) is 10.4. The molecule has 2 N–H and O–H groups in total. The molecule has 1 heterocycles. The summed E-state index contributed by atoms with van der Waals surface area (Å²) in [5.41, 5.74) is 0.261. The minimum atomic E-state index is -4.43. The zero-order chi connectivity index (χ0) is 24.0. The highest BCUT2D eigenvalue weighted by Crippen LogP contribution is 2.32. The van der Waals surface area contributed by atoms with Crippen LogP contribution >= 0.6 is 0 Å². The summed E-state index contributed by atoms with van der Waals surface area (Å²) in [6.45, 7) is 1.20. The first-order valence-electron chi connectivity index (χ1n) is 10.4. The average molecular weight is 463 g/mol. The van der Waals surface area contributed by atoms with Gasteiger partial charge in [0.25, 0.3) is 0 Å². The first kappa shape index (κ1) is 24.1. The van der Waals surface area contributed by atoms with Gasteiger partial charge in [-0.05, 0) is 23.8 Å². The minimum absolute atomic E-state index is 0.255. The summed E-state index contributed by atoms with van der Waals surface area (Å²) in [4.78, 5) is 39.5. The van der Waals surface area contributed by atoms with Gasteiger partial charge in [0.15, 0.2) is 0 Å². The van der Waals surface area contributed by atoms with Crippen molar-refractivity contribution >= 4 is 23.5 Å². The molecule has 7 nitrogen and oxygen atoms in total. The van der Waals surface area contributed by atoms with E-state index in [0.717, 1.165) is 12.1 Å². The highest BCUT2D eigenvalue weighted by Gasteiger charge is 2.32. The molecule has 0 unspecified atom stereocenters. The zero-order valence-electron chi connectivity index (χ0n) is 17.7. The van der Waals surface area contributed by atoms with Crippen LogP contribution in [-0.4, -0.2) is 54.0 Å². The number of halogens is 3. The molecule has 0 aliphatic carbocycles. The van der Waals surface area contributed by atoms with Gasteiger partial charge in [-0.3, -0.25) is 14.4 Å². The van der Waals surface area contributed by atoms with Crippen LogP contribution in [0.25, 0.3) is 0 Å². The second-order valence-corrected chi connectivity index (χ2v) is 7.67. The Morgan fingerprint density at radius 3 is 2.21 bits per heavy atom. The van der Waals surface area contributed by atoms with Crippen LogP contribution in [0.1, 0.15) is 30.0 Å². The van der Waals surface area contributed by atoms with Gasteiger partial charge in [-0.1, -0.05) is 36.4 Å². The van der Waals surface area contributed by atoms with Crippen molar-refractivity contribution in [2.45, 2.75) is 25.1 Å². The lowest BCUT2D eigenvalue weighted by Gasteiger charge is -2.38. The number of piperazine rings is 1. The van der Waals surface area contributed by atoms with Crippen LogP contribution in [0, 0.1) is 0 Å². The second-order valence-electron chi connectivity index (χ2n) is 7.67. The molecule has 176 valence electrons. The summed E-state index contributed by atoms with van der Waals surface area (Å²) in [5.74, 6) is -2.02. The second kappa shape index (κ2) is 10.4. The standard InChI is InChI=1S/C23H24F3N3O4/c24-23(25,26)17-7-4-8-18(15-17)28-11-13-29(14-12-28)22(33)21(16-5-2-1-3-6-16)27-19(30)9-10-20(31)32/h1-8,15,21H,9-14H2,(H,27,30)(H,31,32)/t21-/m0/s1. The number of carboxylic acids is 1. The van der Waals surface area contributed by atoms with Crippen LogP contribution in [0.5, 0.6) is 0 Å². The molecule has 33 heavy (non-hydrogen) atoms. The maximum Gasteiger partial charge on any atom is 0.416 e. The van der Waals surface area contributed by atoms with E-state index in [1.165, 1.54) is 6.07 Å². The molecule has 10 heteroatoms. The number of hydrogen-bond acceptors (Lipinski definition) is 4. The van der Waals surface area contributed by atoms with E-state index in [9.17, 15) is 27.6 Å². The van der Waals surface area contributed by atoms with Gasteiger partial charge in [-0.25, -0.2) is 0 Å². The van der Waals surface area contributed by atoms with Gasteiger partial charge >= 0.3 is 12.1 Å². The van der Waals surface area contributed by atoms with Crippen molar-refractivity contribution < 1.29 is 32.7 Å². The SMILES string of the molecule is O=C(O)CCC(=O)N[C@H](C(=O)N1CCN(c2cccc(C(F)(F)F)c2)CC1)c1ccccc1. The van der Waals surface area contributed by atoms with Crippen molar-refractivity contribution in [2.24, 2.45) is 0 Å². The highest BCUT2D eigenvalue weighted by molar-refractivity contribution is 5.89. The molecule has 0 saturated carbocycles. The smallest absolute Gasteiger partial charge is 0.416 e. The maximum absolute atomic E-state index is 13.2. The third-order valence-corrected chi connectivity index (χ3v) is 5.38. The number of nitrogens with zero attached hydrogens (tertiary/aromatic N) is 2. The van der Waals surface area contributed by atoms with E-state index in [2.05, 4.69) is 5.32 Å². The molecule has 0 radical (unpaired) electrons. The average Bonchev–Trinajstić information content (AvgIpc) is 2.81. The third kappa shape index (κ3) is 6.47. The van der Waals surface area contributed by atoms with Crippen LogP contribution in [0.4, 0.5) is 18.9 Å². The summed E-state index contributed by atoms with van der Waals surface area (Å²) in [6.07, 6.45) is -5.04. The van der Waals surface area contributed by atoms with Crippen molar-refractivity contribution in [3.05, 3.63) is 65.7 Å². The molecule has 1 aliphatic rings. The Bertz CT molecular complexity index is 990. The number of carbonyl (C=O) groups excluding carboxylic acids is 2. The van der Waals surface area contributed by atoms with E-state index in [4.69, 9.17) is 5.11 Å². The largest absolute Gasteiger partial charge is 0.481 e. The number of nitrogens with one attached hydrogen (secondary N) is 1. The Balaban J connectivity index is 1.68. The fraction of sp³-hybridized carbons (Fsp3) is 0.348. The minimum Gasteiger partial charge on any atom is -0.481 e. The Morgan fingerprint density at radius 2 is 1.61 bits per heavy atom.